The summed E-state index contributed by atoms with van der Waals surface area (Å²) in [6.07, 6.45) is 2.09. The molecule has 0 N–H and O–H groups in total. The van der Waals surface area contributed by atoms with Gasteiger partial charge in [0.25, 0.3) is 5.82 Å². The second-order valence-electron chi connectivity index (χ2n) is 3.60. The molecule has 0 aliphatic carbocycles. The van der Waals surface area contributed by atoms with E-state index >= 15 is 0 Å². The molecule has 0 fully saturated rings. The molecule has 7 nitrogen and oxygen atoms in total. The van der Waals surface area contributed by atoms with E-state index in [2.05, 4.69) is 0 Å². The SMILES string of the molecule is Cc1n(S(=O)(=O)C(F)(F)F)cc[n+]1C.O=S(=O)([O-])C(F)(F)F. The highest BCUT2D eigenvalue weighted by Gasteiger charge is 2.52. The summed E-state index contributed by atoms with van der Waals surface area (Å²) in [5.74, 6) is -0.0117. The molecule has 22 heavy (non-hydrogen) atoms. The molecule has 1 aromatic rings. The Morgan fingerprint density at radius 1 is 1.05 bits per heavy atom. The molecule has 0 aromatic carbocycles. The number of hydrogen-bond acceptors (Lipinski definition) is 5. The maximum Gasteiger partial charge on any atom is 0.537 e. The Bertz CT molecular complexity index is 730. The van der Waals surface area contributed by atoms with Crippen LogP contribution in [0.15, 0.2) is 12.4 Å². The molecule has 15 heteroatoms. The Morgan fingerprint density at radius 2 is 1.41 bits per heavy atom. The minimum absolute atomic E-state index is 0.0117. The summed E-state index contributed by atoms with van der Waals surface area (Å²) in [5.41, 5.74) is -10.9. The van der Waals surface area contributed by atoms with Crippen LogP contribution in [0.4, 0.5) is 26.3 Å². The van der Waals surface area contributed by atoms with Gasteiger partial charge in [0.15, 0.2) is 10.1 Å². The first-order valence-corrected chi connectivity index (χ1v) is 7.65. The van der Waals surface area contributed by atoms with Gasteiger partial charge in [-0.15, -0.1) is 3.97 Å². The lowest BCUT2D eigenvalue weighted by Crippen LogP contribution is -2.35. The molecular weight excluding hydrogens is 370 g/mol. The number of halogens is 6. The number of hydrogen-bond donors (Lipinski definition) is 0. The van der Waals surface area contributed by atoms with E-state index in [0.717, 1.165) is 6.20 Å². The Labute approximate surface area is 120 Å². The molecule has 0 bridgehead atoms. The van der Waals surface area contributed by atoms with Gasteiger partial charge in [0.05, 0.1) is 7.05 Å². The Balaban J connectivity index is 0.000000472. The lowest BCUT2D eigenvalue weighted by molar-refractivity contribution is -0.676. The standard InChI is InChI=1S/C6H8F3N2O2S.CHF3O3S/c1-5-10(2)3-4-11(5)14(12,13)6(7,8)9;2-1(3,4)8(5,6)7/h3-4H,1-2H3;(H,5,6,7)/q+1;/p-1. The Hall–Kier alpha value is -1.35. The third-order valence-electron chi connectivity index (χ3n) is 2.09. The van der Waals surface area contributed by atoms with Gasteiger partial charge in [0.2, 0.25) is 0 Å². The maximum absolute atomic E-state index is 12.1. The molecule has 130 valence electrons. The molecule has 0 spiro atoms. The average molecular weight is 378 g/mol. The second-order valence-corrected chi connectivity index (χ2v) is 6.78. The highest BCUT2D eigenvalue weighted by Crippen LogP contribution is 2.25. The van der Waals surface area contributed by atoms with E-state index in [9.17, 15) is 34.8 Å². The maximum atomic E-state index is 12.1. The van der Waals surface area contributed by atoms with Crippen LogP contribution in [0.25, 0.3) is 0 Å². The van der Waals surface area contributed by atoms with Gasteiger partial charge in [0.1, 0.15) is 12.4 Å². The van der Waals surface area contributed by atoms with E-state index in [0.29, 0.717) is 0 Å². The summed E-state index contributed by atoms with van der Waals surface area (Å²) in [4.78, 5) is 0. The number of nitrogens with zero attached hydrogens (tertiary/aromatic N) is 2. The Kier molecular flexibility index (Phi) is 5.67. The minimum atomic E-state index is -6.09. The van der Waals surface area contributed by atoms with Gasteiger partial charge < -0.3 is 4.55 Å². The molecule has 0 saturated heterocycles. The molecule has 1 heterocycles. The fraction of sp³-hybridized carbons (Fsp3) is 0.571. The average Bonchev–Trinajstić information content (AvgIpc) is 2.56. The van der Waals surface area contributed by atoms with Crippen molar-refractivity contribution in [3.63, 3.8) is 0 Å². The first-order chi connectivity index (χ1) is 9.43. The van der Waals surface area contributed by atoms with Crippen LogP contribution in [-0.2, 0) is 27.2 Å². The summed E-state index contributed by atoms with van der Waals surface area (Å²) in [6.45, 7) is 1.28. The fourth-order valence-electron chi connectivity index (χ4n) is 0.897. The van der Waals surface area contributed by atoms with Crippen molar-refractivity contribution in [2.75, 3.05) is 0 Å². The van der Waals surface area contributed by atoms with Crippen LogP contribution in [0.3, 0.4) is 0 Å². The first-order valence-electron chi connectivity index (χ1n) is 4.80. The van der Waals surface area contributed by atoms with Crippen molar-refractivity contribution >= 4 is 20.1 Å². The number of alkyl halides is 6. The second kappa shape index (κ2) is 6.04. The molecule has 0 atom stereocenters. The lowest BCUT2D eigenvalue weighted by Gasteiger charge is -2.08. The first kappa shape index (κ1) is 20.6. The summed E-state index contributed by atoms with van der Waals surface area (Å²) in [7, 11) is -9.92. The summed E-state index contributed by atoms with van der Waals surface area (Å²) in [5, 5.41) is 0. The number of rotatable bonds is 1. The van der Waals surface area contributed by atoms with E-state index in [1.807, 2.05) is 0 Å². The van der Waals surface area contributed by atoms with Gasteiger partial charge in [-0.25, -0.2) is 13.0 Å². The number of imidazole rings is 1. The van der Waals surface area contributed by atoms with Gasteiger partial charge in [-0.05, 0) is 0 Å². The van der Waals surface area contributed by atoms with Gasteiger partial charge >= 0.3 is 21.0 Å². The molecule has 0 unspecified atom stereocenters. The molecule has 0 amide bonds. The van der Waals surface area contributed by atoms with Crippen molar-refractivity contribution in [3.05, 3.63) is 18.2 Å². The highest BCUT2D eigenvalue weighted by molar-refractivity contribution is 7.90. The third kappa shape index (κ3) is 4.57. The van der Waals surface area contributed by atoms with E-state index < -0.39 is 31.2 Å². The summed E-state index contributed by atoms with van der Waals surface area (Å²) in [6, 6.07) is 0. The predicted octanol–water partition coefficient (Wildman–Crippen LogP) is 0.370. The van der Waals surface area contributed by atoms with Gasteiger partial charge in [-0.2, -0.15) is 34.8 Å². The van der Waals surface area contributed by atoms with Gasteiger partial charge in [-0.1, -0.05) is 0 Å². The van der Waals surface area contributed by atoms with Crippen LogP contribution < -0.4 is 4.57 Å². The summed E-state index contributed by atoms with van der Waals surface area (Å²) >= 11 is 0. The number of aryl methyl sites for hydroxylation is 1. The molecular formula is C7H8F6N2O5S2. The lowest BCUT2D eigenvalue weighted by atomic mass is 10.7. The molecule has 0 saturated carbocycles. The van der Waals surface area contributed by atoms with Crippen LogP contribution >= 0.6 is 0 Å². The number of aromatic nitrogens is 2. The zero-order valence-electron chi connectivity index (χ0n) is 10.7. The highest BCUT2D eigenvalue weighted by atomic mass is 32.2. The van der Waals surface area contributed by atoms with Crippen LogP contribution in [-0.4, -0.2) is 36.4 Å². The van der Waals surface area contributed by atoms with Gasteiger partial charge in [-0.3, -0.25) is 0 Å². The third-order valence-corrected chi connectivity index (χ3v) is 4.15. The van der Waals surface area contributed by atoms with Crippen molar-refractivity contribution in [1.82, 2.24) is 3.97 Å². The topological polar surface area (TPSA) is 100 Å². The van der Waals surface area contributed by atoms with E-state index in [-0.39, 0.29) is 9.80 Å². The zero-order chi connectivity index (χ0) is 18.1. The van der Waals surface area contributed by atoms with Crippen molar-refractivity contribution in [3.8, 4) is 0 Å². The van der Waals surface area contributed by atoms with E-state index in [4.69, 9.17) is 13.0 Å². The molecule has 1 aromatic heterocycles. The van der Waals surface area contributed by atoms with E-state index in [1.54, 1.807) is 0 Å². The van der Waals surface area contributed by atoms with Crippen molar-refractivity contribution in [2.24, 2.45) is 7.05 Å². The molecule has 1 rings (SSSR count). The quantitative estimate of drug-likeness (QED) is 0.304. The van der Waals surface area contributed by atoms with Gasteiger partial charge in [0, 0.05) is 6.92 Å². The van der Waals surface area contributed by atoms with Crippen molar-refractivity contribution < 1.29 is 52.3 Å². The van der Waals surface area contributed by atoms with Crippen LogP contribution in [0.1, 0.15) is 5.82 Å². The van der Waals surface area contributed by atoms with Crippen LogP contribution in [0, 0.1) is 6.92 Å². The molecule has 0 radical (unpaired) electrons. The zero-order valence-corrected chi connectivity index (χ0v) is 12.3. The normalized spacial score (nSPS) is 13.5. The molecule has 0 aliphatic rings. The van der Waals surface area contributed by atoms with Crippen molar-refractivity contribution in [2.45, 2.75) is 17.9 Å². The van der Waals surface area contributed by atoms with Crippen molar-refractivity contribution in [1.29, 1.82) is 0 Å². The predicted molar refractivity (Wildman–Crippen MR) is 56.5 cm³/mol. The Morgan fingerprint density at radius 3 is 1.59 bits per heavy atom. The summed E-state index contributed by atoms with van der Waals surface area (Å²) < 4.78 is 118. The van der Waals surface area contributed by atoms with Crippen LogP contribution in [0.5, 0.6) is 0 Å². The largest absolute Gasteiger partial charge is 0.741 e. The minimum Gasteiger partial charge on any atom is -0.741 e. The monoisotopic (exact) mass is 378 g/mol. The van der Waals surface area contributed by atoms with E-state index in [1.165, 1.54) is 24.7 Å². The molecule has 0 aliphatic heterocycles. The smallest absolute Gasteiger partial charge is 0.537 e. The van der Waals surface area contributed by atoms with Crippen LogP contribution in [0.2, 0.25) is 0 Å². The fourth-order valence-corrected chi connectivity index (χ4v) is 1.81.